The van der Waals surface area contributed by atoms with Crippen LogP contribution in [-0.4, -0.2) is 39.8 Å². The summed E-state index contributed by atoms with van der Waals surface area (Å²) >= 11 is 0. The van der Waals surface area contributed by atoms with Gasteiger partial charge in [-0.3, -0.25) is 0 Å². The maximum Gasteiger partial charge on any atom is 0.358 e. The Morgan fingerprint density at radius 3 is 2.74 bits per heavy atom. The number of hydrogen-bond acceptors (Lipinski definition) is 5. The molecule has 0 spiro atoms. The molecular formula is C12H13N3O4. The fraction of sp³-hybridized carbons (Fsp3) is 0.250. The summed E-state index contributed by atoms with van der Waals surface area (Å²) < 4.78 is 12.1. The minimum atomic E-state index is -1.10. The zero-order valence-corrected chi connectivity index (χ0v) is 10.3. The fourth-order valence-electron chi connectivity index (χ4n) is 1.49. The Morgan fingerprint density at radius 1 is 1.37 bits per heavy atom. The molecule has 1 N–H and O–H groups in total. The summed E-state index contributed by atoms with van der Waals surface area (Å²) in [5.41, 5.74) is -0.0858. The summed E-state index contributed by atoms with van der Waals surface area (Å²) in [4.78, 5) is 10.6. The van der Waals surface area contributed by atoms with Gasteiger partial charge >= 0.3 is 5.97 Å². The van der Waals surface area contributed by atoms with Crippen LogP contribution in [0.4, 0.5) is 0 Å². The van der Waals surface area contributed by atoms with E-state index in [0.29, 0.717) is 24.7 Å². The van der Waals surface area contributed by atoms with E-state index in [1.165, 1.54) is 10.9 Å². The molecule has 0 atom stereocenters. The molecule has 0 unspecified atom stereocenters. The molecular weight excluding hydrogens is 250 g/mol. The van der Waals surface area contributed by atoms with Crippen LogP contribution in [0.1, 0.15) is 10.5 Å². The van der Waals surface area contributed by atoms with Crippen molar-refractivity contribution in [2.24, 2.45) is 0 Å². The third kappa shape index (κ3) is 3.21. The van der Waals surface area contributed by atoms with Crippen molar-refractivity contribution in [2.45, 2.75) is 6.54 Å². The quantitative estimate of drug-likeness (QED) is 0.838. The van der Waals surface area contributed by atoms with E-state index in [-0.39, 0.29) is 5.69 Å². The van der Waals surface area contributed by atoms with Crippen molar-refractivity contribution in [2.75, 3.05) is 13.7 Å². The highest BCUT2D eigenvalue weighted by molar-refractivity contribution is 5.84. The second-order valence-corrected chi connectivity index (χ2v) is 3.67. The average molecular weight is 263 g/mol. The van der Waals surface area contributed by atoms with Gasteiger partial charge in [0.2, 0.25) is 0 Å². The van der Waals surface area contributed by atoms with E-state index in [9.17, 15) is 4.79 Å². The van der Waals surface area contributed by atoms with Crippen LogP contribution in [0, 0.1) is 0 Å². The second-order valence-electron chi connectivity index (χ2n) is 3.67. The first kappa shape index (κ1) is 12.9. The Morgan fingerprint density at radius 2 is 2.11 bits per heavy atom. The molecule has 7 nitrogen and oxygen atoms in total. The number of nitrogens with zero attached hydrogens (tertiary/aromatic N) is 3. The van der Waals surface area contributed by atoms with Gasteiger partial charge in [0.25, 0.3) is 0 Å². The minimum Gasteiger partial charge on any atom is -0.493 e. The molecule has 0 aliphatic carbocycles. The molecule has 0 fully saturated rings. The first-order chi connectivity index (χ1) is 9.20. The van der Waals surface area contributed by atoms with Crippen molar-refractivity contribution in [3.05, 3.63) is 36.2 Å². The Kier molecular flexibility index (Phi) is 3.97. The smallest absolute Gasteiger partial charge is 0.358 e. The molecule has 0 aliphatic heterocycles. The van der Waals surface area contributed by atoms with E-state index in [0.717, 1.165) is 0 Å². The number of methoxy groups -OCH3 is 1. The van der Waals surface area contributed by atoms with Crippen LogP contribution < -0.4 is 9.47 Å². The summed E-state index contributed by atoms with van der Waals surface area (Å²) in [7, 11) is 1.57. The van der Waals surface area contributed by atoms with Crippen LogP contribution in [0.2, 0.25) is 0 Å². The zero-order chi connectivity index (χ0) is 13.7. The van der Waals surface area contributed by atoms with Crippen molar-refractivity contribution < 1.29 is 19.4 Å². The Hall–Kier alpha value is -2.57. The largest absolute Gasteiger partial charge is 0.493 e. The predicted molar refractivity (Wildman–Crippen MR) is 65.5 cm³/mol. The number of hydrogen-bond donors (Lipinski definition) is 1. The highest BCUT2D eigenvalue weighted by atomic mass is 16.5. The van der Waals surface area contributed by atoms with E-state index in [4.69, 9.17) is 14.6 Å². The molecule has 2 aromatic rings. The highest BCUT2D eigenvalue weighted by Gasteiger charge is 2.08. The van der Waals surface area contributed by atoms with Crippen LogP contribution in [0.15, 0.2) is 30.5 Å². The summed E-state index contributed by atoms with van der Waals surface area (Å²) in [6.07, 6.45) is 1.36. The SMILES string of the molecule is COc1ccccc1OCCn1cc(C(=O)O)nn1. The monoisotopic (exact) mass is 263 g/mol. The molecule has 1 aromatic carbocycles. The first-order valence-electron chi connectivity index (χ1n) is 5.60. The highest BCUT2D eigenvalue weighted by Crippen LogP contribution is 2.25. The molecule has 100 valence electrons. The van der Waals surface area contributed by atoms with Gasteiger partial charge < -0.3 is 14.6 Å². The van der Waals surface area contributed by atoms with Crippen molar-refractivity contribution in [3.63, 3.8) is 0 Å². The Bertz CT molecular complexity index is 568. The summed E-state index contributed by atoms with van der Waals surface area (Å²) in [5.74, 6) is 0.174. The Labute approximate surface area is 109 Å². The molecule has 0 aliphatic rings. The summed E-state index contributed by atoms with van der Waals surface area (Å²) in [6.45, 7) is 0.737. The van der Waals surface area contributed by atoms with Crippen LogP contribution >= 0.6 is 0 Å². The Balaban J connectivity index is 1.90. The number of ether oxygens (including phenoxy) is 2. The predicted octanol–water partition coefficient (Wildman–Crippen LogP) is 1.06. The van der Waals surface area contributed by atoms with Crippen molar-refractivity contribution in [3.8, 4) is 11.5 Å². The summed E-state index contributed by atoms with van der Waals surface area (Å²) in [6, 6.07) is 7.29. The number of para-hydroxylation sites is 2. The average Bonchev–Trinajstić information content (AvgIpc) is 2.88. The van der Waals surface area contributed by atoms with E-state index in [1.54, 1.807) is 19.2 Å². The molecule has 1 aromatic heterocycles. The van der Waals surface area contributed by atoms with Crippen LogP contribution in [0.3, 0.4) is 0 Å². The lowest BCUT2D eigenvalue weighted by Crippen LogP contribution is -2.09. The molecule has 1 heterocycles. The first-order valence-corrected chi connectivity index (χ1v) is 5.60. The standard InChI is InChI=1S/C12H13N3O4/c1-18-10-4-2-3-5-11(10)19-7-6-15-8-9(12(16)17)13-14-15/h2-5,8H,6-7H2,1H3,(H,16,17). The number of carboxylic acids is 1. The van der Waals surface area contributed by atoms with Gasteiger partial charge in [0.15, 0.2) is 17.2 Å². The van der Waals surface area contributed by atoms with Gasteiger partial charge in [0.05, 0.1) is 19.9 Å². The number of carbonyl (C=O) groups is 1. The third-order valence-corrected chi connectivity index (χ3v) is 2.40. The molecule has 19 heavy (non-hydrogen) atoms. The van der Waals surface area contributed by atoms with Gasteiger partial charge in [-0.15, -0.1) is 5.10 Å². The molecule has 7 heteroatoms. The van der Waals surface area contributed by atoms with Crippen molar-refractivity contribution in [1.82, 2.24) is 15.0 Å². The normalized spacial score (nSPS) is 10.2. The summed E-state index contributed by atoms with van der Waals surface area (Å²) in [5, 5.41) is 15.9. The zero-order valence-electron chi connectivity index (χ0n) is 10.3. The lowest BCUT2D eigenvalue weighted by atomic mass is 10.3. The van der Waals surface area contributed by atoms with Gasteiger partial charge in [-0.1, -0.05) is 17.3 Å². The minimum absolute atomic E-state index is 0.0858. The van der Waals surface area contributed by atoms with Crippen LogP contribution in [0.25, 0.3) is 0 Å². The molecule has 0 saturated heterocycles. The number of aromatic carboxylic acids is 1. The van der Waals surface area contributed by atoms with Gasteiger partial charge in [0.1, 0.15) is 6.61 Å². The van der Waals surface area contributed by atoms with E-state index >= 15 is 0 Å². The van der Waals surface area contributed by atoms with Crippen molar-refractivity contribution in [1.29, 1.82) is 0 Å². The lowest BCUT2D eigenvalue weighted by Gasteiger charge is -2.09. The van der Waals surface area contributed by atoms with E-state index < -0.39 is 5.97 Å². The van der Waals surface area contributed by atoms with Crippen LogP contribution in [-0.2, 0) is 6.54 Å². The number of rotatable bonds is 6. The number of carboxylic acid groups (broad SMARTS) is 1. The molecule has 2 rings (SSSR count). The molecule has 0 amide bonds. The fourth-order valence-corrected chi connectivity index (χ4v) is 1.49. The van der Waals surface area contributed by atoms with E-state index in [1.807, 2.05) is 12.1 Å². The lowest BCUT2D eigenvalue weighted by molar-refractivity contribution is 0.0690. The third-order valence-electron chi connectivity index (χ3n) is 2.40. The van der Waals surface area contributed by atoms with Crippen molar-refractivity contribution >= 4 is 5.97 Å². The van der Waals surface area contributed by atoms with Crippen LogP contribution in [0.5, 0.6) is 11.5 Å². The maximum atomic E-state index is 10.6. The van der Waals surface area contributed by atoms with Gasteiger partial charge in [-0.05, 0) is 12.1 Å². The topological polar surface area (TPSA) is 86.5 Å². The molecule has 0 bridgehead atoms. The molecule has 0 saturated carbocycles. The van der Waals surface area contributed by atoms with Gasteiger partial charge in [-0.2, -0.15) is 0 Å². The molecule has 0 radical (unpaired) electrons. The second kappa shape index (κ2) is 5.85. The number of benzene rings is 1. The van der Waals surface area contributed by atoms with E-state index in [2.05, 4.69) is 10.3 Å². The van der Waals surface area contributed by atoms with Gasteiger partial charge in [0, 0.05) is 0 Å². The number of aromatic nitrogens is 3. The maximum absolute atomic E-state index is 10.6. The van der Waals surface area contributed by atoms with Gasteiger partial charge in [-0.25, -0.2) is 9.48 Å².